The number of likely N-dealkylation sites (tertiary alicyclic amines) is 2. The Balaban J connectivity index is 0.937. The van der Waals surface area contributed by atoms with Gasteiger partial charge in [0.25, 0.3) is 17.7 Å². The van der Waals surface area contributed by atoms with Crippen LogP contribution in [0.2, 0.25) is 25.7 Å². The number of hydrogen-bond donors (Lipinski definition) is 1. The van der Waals surface area contributed by atoms with Crippen molar-refractivity contribution in [1.29, 1.82) is 0 Å². The zero-order valence-corrected chi connectivity index (χ0v) is 37.7. The molecule has 326 valence electrons. The minimum atomic E-state index is -1.33. The summed E-state index contributed by atoms with van der Waals surface area (Å²) in [5.74, 6) is 5.89. The number of hydrogen-bond acceptors (Lipinski definition) is 10. The molecule has 1 unspecified atom stereocenters. The van der Waals surface area contributed by atoms with Gasteiger partial charge in [0.05, 0.1) is 18.2 Å². The number of imide groups is 1. The molecule has 62 heavy (non-hydrogen) atoms. The number of fused-ring (bicyclic) bond motifs is 2. The van der Waals surface area contributed by atoms with Crippen molar-refractivity contribution in [3.63, 3.8) is 0 Å². The van der Waals surface area contributed by atoms with Crippen LogP contribution in [0.1, 0.15) is 96.5 Å². The van der Waals surface area contributed by atoms with E-state index in [1.54, 1.807) is 58.1 Å². The molecule has 4 amide bonds. The van der Waals surface area contributed by atoms with Gasteiger partial charge in [-0.2, -0.15) is 0 Å². The predicted octanol–water partition coefficient (Wildman–Crippen LogP) is 7.44. The van der Waals surface area contributed by atoms with Gasteiger partial charge < -0.3 is 24.4 Å². The first-order chi connectivity index (χ1) is 29.5. The first-order valence-electron chi connectivity index (χ1n) is 21.3. The van der Waals surface area contributed by atoms with Gasteiger partial charge in [-0.25, -0.2) is 14.3 Å². The quantitative estimate of drug-likeness (QED) is 0.0659. The number of pyridine rings is 1. The molecule has 2 fully saturated rings. The molecule has 7 rings (SSSR count). The predicted molar refractivity (Wildman–Crippen MR) is 238 cm³/mol. The number of carbonyl (C=O) groups excluding carboxylic acids is 5. The lowest BCUT2D eigenvalue weighted by Gasteiger charge is -2.35. The minimum absolute atomic E-state index is 0.0577. The Morgan fingerprint density at radius 1 is 0.984 bits per heavy atom. The van der Waals surface area contributed by atoms with E-state index in [4.69, 9.17) is 14.2 Å². The summed E-state index contributed by atoms with van der Waals surface area (Å²) in [6, 6.07) is 16.0. The van der Waals surface area contributed by atoms with Crippen LogP contribution in [0.3, 0.4) is 0 Å². The van der Waals surface area contributed by atoms with Gasteiger partial charge in [-0.05, 0) is 108 Å². The maximum absolute atomic E-state index is 13.5. The van der Waals surface area contributed by atoms with Crippen LogP contribution in [0.4, 0.5) is 10.6 Å². The van der Waals surface area contributed by atoms with E-state index >= 15 is 0 Å². The Kier molecular flexibility index (Phi) is 13.0. The van der Waals surface area contributed by atoms with Gasteiger partial charge in [0.2, 0.25) is 5.91 Å². The molecule has 0 bridgehead atoms. The first-order valence-corrected chi connectivity index (χ1v) is 25.0. The number of rotatable bonds is 12. The van der Waals surface area contributed by atoms with Crippen molar-refractivity contribution in [3.05, 3.63) is 88.7 Å². The molecule has 1 N–H and O–H groups in total. The summed E-state index contributed by atoms with van der Waals surface area (Å²) in [7, 11) is 0.716. The molecule has 2 aromatic heterocycles. The molecule has 2 saturated heterocycles. The summed E-state index contributed by atoms with van der Waals surface area (Å²) in [5, 5.41) is 3.64. The number of amides is 4. The van der Waals surface area contributed by atoms with E-state index < -0.39 is 31.7 Å². The first kappa shape index (κ1) is 44.2. The van der Waals surface area contributed by atoms with Crippen molar-refractivity contribution in [2.75, 3.05) is 38.9 Å². The maximum atomic E-state index is 13.5. The summed E-state index contributed by atoms with van der Waals surface area (Å²) in [6.45, 7) is 14.0. The lowest BCUT2D eigenvalue weighted by molar-refractivity contribution is -0.158. The van der Waals surface area contributed by atoms with Crippen molar-refractivity contribution < 1.29 is 38.2 Å². The van der Waals surface area contributed by atoms with Gasteiger partial charge in [-0.3, -0.25) is 29.0 Å². The Bertz CT molecular complexity index is 2440. The molecule has 4 aromatic rings. The molecule has 14 nitrogen and oxygen atoms in total. The molecule has 2 atom stereocenters. The van der Waals surface area contributed by atoms with E-state index in [0.29, 0.717) is 53.4 Å². The maximum Gasteiger partial charge on any atom is 0.419 e. The average Bonchev–Trinajstić information content (AvgIpc) is 3.91. The van der Waals surface area contributed by atoms with E-state index in [9.17, 15) is 24.0 Å². The topological polar surface area (TPSA) is 153 Å². The Morgan fingerprint density at radius 2 is 1.76 bits per heavy atom. The summed E-state index contributed by atoms with van der Waals surface area (Å²) in [5.41, 5.74) is 3.12. The smallest absolute Gasteiger partial charge is 0.419 e. The number of carbonyl (C=O) groups is 5. The molecule has 0 saturated carbocycles. The highest BCUT2D eigenvalue weighted by molar-refractivity contribution is 6.76. The number of aromatic nitrogens is 2. The van der Waals surface area contributed by atoms with Crippen LogP contribution in [0.15, 0.2) is 60.8 Å². The molecule has 0 radical (unpaired) electrons. The highest BCUT2D eigenvalue weighted by atomic mass is 28.3. The highest BCUT2D eigenvalue weighted by Crippen LogP contribution is 2.36. The monoisotopic (exact) mass is 860 g/mol. The molecular formula is C47H56N6O8Si. The van der Waals surface area contributed by atoms with Crippen molar-refractivity contribution in [1.82, 2.24) is 24.3 Å². The fourth-order valence-electron chi connectivity index (χ4n) is 8.00. The van der Waals surface area contributed by atoms with E-state index in [1.165, 1.54) is 0 Å². The zero-order chi connectivity index (χ0) is 44.3. The average molecular weight is 861 g/mol. The van der Waals surface area contributed by atoms with Gasteiger partial charge in [-0.15, -0.1) is 0 Å². The summed E-state index contributed by atoms with van der Waals surface area (Å²) in [4.78, 5) is 76.0. The lowest BCUT2D eigenvalue weighted by Crippen LogP contribution is -2.55. The molecule has 3 aliphatic rings. The summed E-state index contributed by atoms with van der Waals surface area (Å²) >= 11 is 0. The van der Waals surface area contributed by atoms with Crippen molar-refractivity contribution >= 4 is 54.5 Å². The van der Waals surface area contributed by atoms with E-state index in [1.807, 2.05) is 32.9 Å². The summed E-state index contributed by atoms with van der Waals surface area (Å²) in [6.07, 6.45) is 3.97. The van der Waals surface area contributed by atoms with Crippen molar-refractivity contribution in [2.24, 2.45) is 0 Å². The molecule has 0 spiro atoms. The lowest BCUT2D eigenvalue weighted by atomic mass is 10.0. The minimum Gasteiger partial charge on any atom is -0.493 e. The third kappa shape index (κ3) is 10.1. The second-order valence-corrected chi connectivity index (χ2v) is 24.0. The van der Waals surface area contributed by atoms with Crippen LogP contribution in [-0.2, 0) is 25.6 Å². The number of nitrogens with one attached hydrogen (secondary N) is 1. The Labute approximate surface area is 363 Å². The number of benzene rings is 2. The van der Waals surface area contributed by atoms with Gasteiger partial charge in [0.1, 0.15) is 29.9 Å². The summed E-state index contributed by atoms with van der Waals surface area (Å²) < 4.78 is 19.1. The number of ether oxygens (including phenoxy) is 3. The highest BCUT2D eigenvalue weighted by Gasteiger charge is 2.43. The van der Waals surface area contributed by atoms with E-state index in [-0.39, 0.29) is 49.9 Å². The van der Waals surface area contributed by atoms with Gasteiger partial charge in [-0.1, -0.05) is 37.5 Å². The fourth-order valence-corrected chi connectivity index (χ4v) is 8.76. The molecule has 5 heterocycles. The van der Waals surface area contributed by atoms with Crippen LogP contribution in [0, 0.1) is 11.8 Å². The largest absolute Gasteiger partial charge is 0.493 e. The Hall–Kier alpha value is -5.82. The van der Waals surface area contributed by atoms with Crippen LogP contribution >= 0.6 is 0 Å². The van der Waals surface area contributed by atoms with Crippen LogP contribution in [0.25, 0.3) is 10.9 Å². The molecule has 2 aromatic carbocycles. The van der Waals surface area contributed by atoms with Crippen LogP contribution in [-0.4, -0.2) is 107 Å². The van der Waals surface area contributed by atoms with Gasteiger partial charge in [0.15, 0.2) is 0 Å². The van der Waals surface area contributed by atoms with Crippen molar-refractivity contribution in [2.45, 2.75) is 103 Å². The van der Waals surface area contributed by atoms with Crippen LogP contribution < -0.4 is 10.1 Å². The zero-order valence-electron chi connectivity index (χ0n) is 36.7. The normalized spacial score (nSPS) is 18.2. The molecule has 3 aliphatic heterocycles. The number of anilines is 1. The van der Waals surface area contributed by atoms with E-state index in [0.717, 1.165) is 47.0 Å². The van der Waals surface area contributed by atoms with Crippen molar-refractivity contribution in [3.8, 4) is 17.6 Å². The standard InChI is InChI=1S/C47H56N6O8Si/c1-47(2,3)61-46(58)53-39-27-41(48-28-33(39)26-40(53)37-15-11-22-50(37)4)49-43(55)32-16-18-34(19-17-32)60-23-9-8-12-31-13-10-14-35-36(31)29-51(44(35)56)38-20-21-42(54)52(45(38)57)30-59-24-25-62(5,6)7/h10,13-14,16-19,26-28,37-38H,9,11,15,20-25,29-30H2,1-7H3,(H,48,49,55)/t37-,38?/m1/s1. The SMILES string of the molecule is CN1CCC[C@@H]1c1cc2cnc(NC(=O)c3ccc(OCCC#Cc4cccc5c4CN(C4CCC(=O)N(COCC[Si](C)(C)C)C4=O)C5=O)cc3)cc2n1C(=O)OC(C)(C)C. The third-order valence-corrected chi connectivity index (χ3v) is 13.0. The second kappa shape index (κ2) is 18.3. The number of nitrogens with zero attached hydrogens (tertiary/aromatic N) is 5. The van der Waals surface area contributed by atoms with Crippen LogP contribution in [0.5, 0.6) is 5.75 Å². The second-order valence-electron chi connectivity index (χ2n) is 18.4. The fraction of sp³-hybridized carbons (Fsp3) is 0.447. The molecule has 0 aliphatic carbocycles. The number of piperidine rings is 1. The van der Waals surface area contributed by atoms with Gasteiger partial charge in [0, 0.05) is 74.1 Å². The molecular weight excluding hydrogens is 805 g/mol. The van der Waals surface area contributed by atoms with E-state index in [2.05, 4.69) is 53.7 Å². The third-order valence-electron chi connectivity index (χ3n) is 11.3. The molecule has 15 heteroatoms. The Morgan fingerprint density at radius 3 is 2.47 bits per heavy atom. The van der Waals surface area contributed by atoms with Gasteiger partial charge >= 0.3 is 6.09 Å².